The van der Waals surface area contributed by atoms with E-state index in [2.05, 4.69) is 44.4 Å². The molecule has 2 atom stereocenters. The predicted molar refractivity (Wildman–Crippen MR) is 118 cm³/mol. The van der Waals surface area contributed by atoms with Crippen molar-refractivity contribution in [2.45, 2.75) is 51.2 Å². The van der Waals surface area contributed by atoms with Gasteiger partial charge in [0.2, 0.25) is 5.69 Å². The highest BCUT2D eigenvalue weighted by atomic mass is 16.2. The van der Waals surface area contributed by atoms with Crippen LogP contribution in [0.25, 0.3) is 15.9 Å². The zero-order valence-electron chi connectivity index (χ0n) is 17.3. The van der Waals surface area contributed by atoms with Crippen molar-refractivity contribution in [3.63, 3.8) is 0 Å². The molecule has 154 valence electrons. The number of carbonyl (C=O) groups excluding carboxylic acids is 1. The fourth-order valence-corrected chi connectivity index (χ4v) is 4.40. The number of benzene rings is 2. The Kier molecular flexibility index (Phi) is 6.10. The molecule has 4 rings (SSSR count). The minimum Gasteiger partial charge on any atom is -0.335 e. The minimum absolute atomic E-state index is 0.0849. The number of imidazole rings is 1. The van der Waals surface area contributed by atoms with Crippen LogP contribution in [0.2, 0.25) is 0 Å². The number of rotatable bonds is 6. The van der Waals surface area contributed by atoms with E-state index in [4.69, 9.17) is 6.57 Å². The summed E-state index contributed by atoms with van der Waals surface area (Å²) in [5.74, 6) is 0.237. The van der Waals surface area contributed by atoms with E-state index in [0.717, 1.165) is 37.7 Å². The Morgan fingerprint density at radius 2 is 2.07 bits per heavy atom. The van der Waals surface area contributed by atoms with Crippen molar-refractivity contribution in [1.29, 1.82) is 0 Å². The molecule has 6 nitrogen and oxygen atoms in total. The topological polar surface area (TPSA) is 65.4 Å². The van der Waals surface area contributed by atoms with E-state index in [1.165, 1.54) is 5.56 Å². The molecular weight excluding hydrogens is 374 g/mol. The summed E-state index contributed by atoms with van der Waals surface area (Å²) in [4.78, 5) is 26.3. The van der Waals surface area contributed by atoms with Gasteiger partial charge < -0.3 is 15.2 Å². The maximum Gasteiger partial charge on any atom is 0.289 e. The van der Waals surface area contributed by atoms with Gasteiger partial charge in [0, 0.05) is 25.2 Å². The molecule has 0 bridgehead atoms. The van der Waals surface area contributed by atoms with Crippen LogP contribution in [0.1, 0.15) is 48.8 Å². The van der Waals surface area contributed by atoms with Gasteiger partial charge in [-0.25, -0.2) is 9.83 Å². The van der Waals surface area contributed by atoms with Gasteiger partial charge in [0.05, 0.1) is 17.6 Å². The molecule has 0 saturated heterocycles. The highest BCUT2D eigenvalue weighted by Crippen LogP contribution is 2.27. The number of hydrogen-bond donors (Lipinski definition) is 2. The molecule has 1 aromatic heterocycles. The summed E-state index contributed by atoms with van der Waals surface area (Å²) < 4.78 is 0. The molecule has 0 radical (unpaired) electrons. The Balaban J connectivity index is 1.46. The van der Waals surface area contributed by atoms with E-state index < -0.39 is 0 Å². The van der Waals surface area contributed by atoms with Gasteiger partial charge in [0.15, 0.2) is 5.82 Å². The molecule has 2 N–H and O–H groups in total. The molecule has 1 aliphatic rings. The lowest BCUT2D eigenvalue weighted by atomic mass is 9.89. The average Bonchev–Trinajstić information content (AvgIpc) is 3.24. The van der Waals surface area contributed by atoms with Gasteiger partial charge in [0.1, 0.15) is 0 Å². The first-order valence-electron chi connectivity index (χ1n) is 10.6. The van der Waals surface area contributed by atoms with E-state index in [1.54, 1.807) is 6.07 Å². The van der Waals surface area contributed by atoms with Crippen LogP contribution in [0.3, 0.4) is 0 Å². The summed E-state index contributed by atoms with van der Waals surface area (Å²) in [5.41, 5.74) is 3.04. The molecule has 3 aromatic rings. The van der Waals surface area contributed by atoms with Gasteiger partial charge in [0.25, 0.3) is 5.91 Å². The third kappa shape index (κ3) is 4.22. The molecule has 6 heteroatoms. The molecule has 0 unspecified atom stereocenters. The van der Waals surface area contributed by atoms with Crippen LogP contribution in [0.4, 0.5) is 5.69 Å². The Morgan fingerprint density at radius 1 is 1.23 bits per heavy atom. The first-order chi connectivity index (χ1) is 14.7. The van der Waals surface area contributed by atoms with Crippen molar-refractivity contribution < 1.29 is 4.79 Å². The van der Waals surface area contributed by atoms with E-state index in [1.807, 2.05) is 30.0 Å². The number of nitrogens with zero attached hydrogens (tertiary/aromatic N) is 3. The number of para-hydroxylation sites is 1. The van der Waals surface area contributed by atoms with Crippen LogP contribution < -0.4 is 5.32 Å². The molecule has 0 aliphatic heterocycles. The number of H-pyrrole nitrogens is 1. The van der Waals surface area contributed by atoms with Crippen LogP contribution in [0.5, 0.6) is 0 Å². The maximum atomic E-state index is 13.3. The zero-order chi connectivity index (χ0) is 20.9. The molecule has 1 fully saturated rings. The molecule has 0 spiro atoms. The van der Waals surface area contributed by atoms with Crippen molar-refractivity contribution in [2.24, 2.45) is 0 Å². The van der Waals surface area contributed by atoms with Crippen LogP contribution >= 0.6 is 0 Å². The lowest BCUT2D eigenvalue weighted by Gasteiger charge is -2.37. The van der Waals surface area contributed by atoms with Gasteiger partial charge in [-0.1, -0.05) is 42.5 Å². The third-order valence-corrected chi connectivity index (χ3v) is 5.94. The first kappa shape index (κ1) is 20.1. The Labute approximate surface area is 177 Å². The molecule has 2 aromatic carbocycles. The van der Waals surface area contributed by atoms with Crippen molar-refractivity contribution in [3.8, 4) is 0 Å². The second-order valence-electron chi connectivity index (χ2n) is 7.85. The maximum absolute atomic E-state index is 13.3. The van der Waals surface area contributed by atoms with Crippen LogP contribution in [0, 0.1) is 6.57 Å². The SMILES string of the molecule is [C-]#[N+]c1cccc2[nH]c(C(=O)N(CC)[C@H]3CCC[C@@H](NCc4ccccc4)C3)nc12. The quantitative estimate of drug-likeness (QED) is 0.590. The highest BCUT2D eigenvalue weighted by molar-refractivity contribution is 5.97. The van der Waals surface area contributed by atoms with E-state index in [0.29, 0.717) is 29.6 Å². The standard InChI is InChI=1S/C24H27N5O/c1-3-29(24(30)23-27-21-14-8-13-20(25-2)22(21)28-23)19-12-7-11-18(15-19)26-16-17-9-5-4-6-10-17/h4-6,8-10,13-14,18-19,26H,3,7,11-12,15-16H2,1H3,(H,27,28)/t18-,19+/m1/s1. The fourth-order valence-electron chi connectivity index (χ4n) is 4.40. The third-order valence-electron chi connectivity index (χ3n) is 5.94. The van der Waals surface area contributed by atoms with Gasteiger partial charge in [-0.05, 0) is 44.2 Å². The Morgan fingerprint density at radius 3 is 2.83 bits per heavy atom. The lowest BCUT2D eigenvalue weighted by molar-refractivity contribution is 0.0617. The Hall–Kier alpha value is -3.17. The number of amides is 1. The van der Waals surface area contributed by atoms with Crippen molar-refractivity contribution in [3.05, 3.63) is 71.3 Å². The number of aromatic amines is 1. The smallest absolute Gasteiger partial charge is 0.289 e. The van der Waals surface area contributed by atoms with E-state index >= 15 is 0 Å². The second kappa shape index (κ2) is 9.10. The fraction of sp³-hybridized carbons (Fsp3) is 0.375. The predicted octanol–water partition coefficient (Wildman–Crippen LogP) is 4.68. The second-order valence-corrected chi connectivity index (χ2v) is 7.85. The number of hydrogen-bond acceptors (Lipinski definition) is 3. The van der Waals surface area contributed by atoms with Crippen LogP contribution in [0.15, 0.2) is 48.5 Å². The zero-order valence-corrected chi connectivity index (χ0v) is 17.3. The largest absolute Gasteiger partial charge is 0.335 e. The summed E-state index contributed by atoms with van der Waals surface area (Å²) in [6, 6.07) is 16.4. The van der Waals surface area contributed by atoms with Gasteiger partial charge in [-0.15, -0.1) is 0 Å². The minimum atomic E-state index is -0.0849. The lowest BCUT2D eigenvalue weighted by Crippen LogP contribution is -2.47. The molecule has 30 heavy (non-hydrogen) atoms. The summed E-state index contributed by atoms with van der Waals surface area (Å²) in [6.45, 7) is 10.8. The summed E-state index contributed by atoms with van der Waals surface area (Å²) >= 11 is 0. The molecule has 1 heterocycles. The summed E-state index contributed by atoms with van der Waals surface area (Å²) in [5, 5.41) is 3.67. The monoisotopic (exact) mass is 401 g/mol. The van der Waals surface area contributed by atoms with Crippen molar-refractivity contribution >= 4 is 22.6 Å². The van der Waals surface area contributed by atoms with E-state index in [-0.39, 0.29) is 11.9 Å². The number of carbonyl (C=O) groups is 1. The number of fused-ring (bicyclic) bond motifs is 1. The molecule has 1 amide bonds. The molecule has 1 saturated carbocycles. The summed E-state index contributed by atoms with van der Waals surface area (Å²) in [7, 11) is 0. The molecular formula is C24H27N5O. The first-order valence-corrected chi connectivity index (χ1v) is 10.6. The van der Waals surface area contributed by atoms with Crippen LogP contribution in [-0.4, -0.2) is 39.4 Å². The Bertz CT molecular complexity index is 1050. The van der Waals surface area contributed by atoms with Crippen molar-refractivity contribution in [2.75, 3.05) is 6.54 Å². The van der Waals surface area contributed by atoms with Crippen LogP contribution in [-0.2, 0) is 6.54 Å². The van der Waals surface area contributed by atoms with Gasteiger partial charge >= 0.3 is 0 Å². The van der Waals surface area contributed by atoms with Gasteiger partial charge in [-0.3, -0.25) is 4.79 Å². The van der Waals surface area contributed by atoms with E-state index in [9.17, 15) is 4.79 Å². The average molecular weight is 402 g/mol. The highest BCUT2D eigenvalue weighted by Gasteiger charge is 2.30. The number of nitrogens with one attached hydrogen (secondary N) is 2. The normalized spacial score (nSPS) is 18.8. The molecule has 1 aliphatic carbocycles. The summed E-state index contributed by atoms with van der Waals surface area (Å²) in [6.07, 6.45) is 4.19. The number of aromatic nitrogens is 2. The van der Waals surface area contributed by atoms with Crippen molar-refractivity contribution in [1.82, 2.24) is 20.2 Å². The van der Waals surface area contributed by atoms with Gasteiger partial charge in [-0.2, -0.15) is 0 Å².